The number of ether oxygens (including phenoxy) is 2. The van der Waals surface area contributed by atoms with Crippen molar-refractivity contribution in [3.05, 3.63) is 70.5 Å². The van der Waals surface area contributed by atoms with E-state index in [9.17, 15) is 14.4 Å². The Morgan fingerprint density at radius 2 is 2.07 bits per heavy atom. The monoisotopic (exact) mass is 430 g/mol. The van der Waals surface area contributed by atoms with Crippen molar-refractivity contribution >= 4 is 33.6 Å². The Labute approximate surface area is 164 Å². The van der Waals surface area contributed by atoms with Crippen LogP contribution in [0.1, 0.15) is 5.56 Å². The number of benzene rings is 2. The number of anilines is 1. The number of rotatable bonds is 7. The van der Waals surface area contributed by atoms with Crippen LogP contribution in [0.5, 0.6) is 11.5 Å². The largest absolute Gasteiger partial charge is 0.493 e. The van der Waals surface area contributed by atoms with E-state index in [2.05, 4.69) is 27.8 Å². The first-order valence-electron chi connectivity index (χ1n) is 7.78. The maximum absolute atomic E-state index is 12.9. The van der Waals surface area contributed by atoms with Crippen LogP contribution in [0, 0.1) is 17.1 Å². The fraction of sp³-hybridized carbons (Fsp3) is 0.100. The Balaban J connectivity index is 2.29. The van der Waals surface area contributed by atoms with E-state index in [0.717, 1.165) is 0 Å². The van der Waals surface area contributed by atoms with E-state index < -0.39 is 11.7 Å². The molecule has 1 amide bonds. The summed E-state index contributed by atoms with van der Waals surface area (Å²) in [4.78, 5) is 12.3. The van der Waals surface area contributed by atoms with Crippen molar-refractivity contribution in [3.63, 3.8) is 0 Å². The lowest BCUT2D eigenvalue weighted by Crippen LogP contribution is -2.13. The van der Waals surface area contributed by atoms with Crippen molar-refractivity contribution in [1.29, 1.82) is 5.26 Å². The SMILES string of the molecule is C=CCOc1c(Br)cc(/C=C(/C#N)C(=O)Nc2ccc(F)cc2)cc1OC. The highest BCUT2D eigenvalue weighted by molar-refractivity contribution is 9.10. The van der Waals surface area contributed by atoms with Crippen LogP contribution in [0.25, 0.3) is 6.08 Å². The summed E-state index contributed by atoms with van der Waals surface area (Å²) in [7, 11) is 1.49. The summed E-state index contributed by atoms with van der Waals surface area (Å²) in [6.45, 7) is 3.89. The van der Waals surface area contributed by atoms with Gasteiger partial charge in [0.1, 0.15) is 24.1 Å². The number of hydrogen-bond acceptors (Lipinski definition) is 4. The molecule has 0 saturated heterocycles. The highest BCUT2D eigenvalue weighted by Gasteiger charge is 2.14. The number of carbonyl (C=O) groups excluding carboxylic acids is 1. The molecule has 2 aromatic rings. The highest BCUT2D eigenvalue weighted by atomic mass is 79.9. The first kappa shape index (κ1) is 20.2. The molecule has 2 rings (SSSR count). The molecular formula is C20H16BrFN2O3. The van der Waals surface area contributed by atoms with E-state index in [1.165, 1.54) is 37.5 Å². The number of nitrogens with zero attached hydrogens (tertiary/aromatic N) is 1. The molecule has 2 aromatic carbocycles. The van der Waals surface area contributed by atoms with Crippen LogP contribution in [0.15, 0.2) is 59.1 Å². The third kappa shape index (κ3) is 5.43. The Hall–Kier alpha value is -3.11. The first-order valence-corrected chi connectivity index (χ1v) is 8.57. The summed E-state index contributed by atoms with van der Waals surface area (Å²) < 4.78 is 24.4. The number of halogens is 2. The molecule has 0 saturated carbocycles. The summed E-state index contributed by atoms with van der Waals surface area (Å²) in [6, 6.07) is 10.5. The van der Waals surface area contributed by atoms with E-state index in [0.29, 0.717) is 33.8 Å². The van der Waals surface area contributed by atoms with Gasteiger partial charge in [0.15, 0.2) is 11.5 Å². The van der Waals surface area contributed by atoms with E-state index >= 15 is 0 Å². The Bertz CT molecular complexity index is 918. The summed E-state index contributed by atoms with van der Waals surface area (Å²) in [5, 5.41) is 11.9. The smallest absolute Gasteiger partial charge is 0.266 e. The lowest BCUT2D eigenvalue weighted by atomic mass is 10.1. The van der Waals surface area contributed by atoms with E-state index in [1.807, 2.05) is 6.07 Å². The van der Waals surface area contributed by atoms with Gasteiger partial charge in [0.2, 0.25) is 0 Å². The molecule has 1 N–H and O–H groups in total. The Morgan fingerprint density at radius 3 is 2.67 bits per heavy atom. The van der Waals surface area contributed by atoms with Gasteiger partial charge in [-0.05, 0) is 64.0 Å². The third-order valence-corrected chi connectivity index (χ3v) is 3.96. The molecule has 0 radical (unpaired) electrons. The number of nitriles is 1. The predicted molar refractivity (Wildman–Crippen MR) is 105 cm³/mol. The van der Waals surface area contributed by atoms with Gasteiger partial charge >= 0.3 is 0 Å². The number of amides is 1. The first-order chi connectivity index (χ1) is 13.0. The van der Waals surface area contributed by atoms with E-state index in [-0.39, 0.29) is 5.57 Å². The van der Waals surface area contributed by atoms with Crippen LogP contribution in [0.2, 0.25) is 0 Å². The van der Waals surface area contributed by atoms with Gasteiger partial charge in [0.25, 0.3) is 5.91 Å². The van der Waals surface area contributed by atoms with Gasteiger partial charge in [-0.15, -0.1) is 0 Å². The molecule has 0 heterocycles. The van der Waals surface area contributed by atoms with Crippen LogP contribution in [0.4, 0.5) is 10.1 Å². The van der Waals surface area contributed by atoms with Crippen LogP contribution in [-0.4, -0.2) is 19.6 Å². The van der Waals surface area contributed by atoms with Crippen molar-refractivity contribution in [2.75, 3.05) is 19.0 Å². The number of nitrogens with one attached hydrogen (secondary N) is 1. The second-order valence-electron chi connectivity index (χ2n) is 5.26. The van der Waals surface area contributed by atoms with Crippen molar-refractivity contribution < 1.29 is 18.7 Å². The van der Waals surface area contributed by atoms with Crippen LogP contribution in [-0.2, 0) is 4.79 Å². The maximum atomic E-state index is 12.9. The average molecular weight is 431 g/mol. The second-order valence-corrected chi connectivity index (χ2v) is 6.12. The zero-order valence-electron chi connectivity index (χ0n) is 14.5. The quantitative estimate of drug-likeness (QED) is 0.392. The zero-order chi connectivity index (χ0) is 19.8. The van der Waals surface area contributed by atoms with Crippen LogP contribution < -0.4 is 14.8 Å². The van der Waals surface area contributed by atoms with Crippen molar-refractivity contribution in [2.24, 2.45) is 0 Å². The second kappa shape index (κ2) is 9.55. The summed E-state index contributed by atoms with van der Waals surface area (Å²) >= 11 is 3.39. The van der Waals surface area contributed by atoms with Gasteiger partial charge in [-0.3, -0.25) is 4.79 Å². The topological polar surface area (TPSA) is 71.3 Å². The number of methoxy groups -OCH3 is 1. The Morgan fingerprint density at radius 1 is 1.37 bits per heavy atom. The van der Waals surface area contributed by atoms with Gasteiger partial charge < -0.3 is 14.8 Å². The van der Waals surface area contributed by atoms with Gasteiger partial charge in [-0.25, -0.2) is 4.39 Å². The maximum Gasteiger partial charge on any atom is 0.266 e. The minimum absolute atomic E-state index is 0.118. The molecule has 138 valence electrons. The molecule has 0 aromatic heterocycles. The van der Waals surface area contributed by atoms with Gasteiger partial charge in [-0.2, -0.15) is 5.26 Å². The minimum Gasteiger partial charge on any atom is -0.493 e. The molecule has 0 unspecified atom stereocenters. The molecule has 0 aliphatic rings. The molecule has 0 aliphatic carbocycles. The number of hydrogen-bond donors (Lipinski definition) is 1. The van der Waals surface area contributed by atoms with Crippen molar-refractivity contribution in [1.82, 2.24) is 0 Å². The van der Waals surface area contributed by atoms with Crippen molar-refractivity contribution in [2.45, 2.75) is 0 Å². The summed E-state index contributed by atoms with van der Waals surface area (Å²) in [5.74, 6) is -0.0940. The normalized spacial score (nSPS) is 10.7. The van der Waals surface area contributed by atoms with Crippen LogP contribution >= 0.6 is 15.9 Å². The van der Waals surface area contributed by atoms with Gasteiger partial charge in [0.05, 0.1) is 11.6 Å². The molecule has 27 heavy (non-hydrogen) atoms. The van der Waals surface area contributed by atoms with Gasteiger partial charge in [0, 0.05) is 5.69 Å². The molecule has 0 aliphatic heterocycles. The molecule has 0 fully saturated rings. The molecule has 0 spiro atoms. The molecular weight excluding hydrogens is 415 g/mol. The molecule has 0 bridgehead atoms. The molecule has 0 atom stereocenters. The van der Waals surface area contributed by atoms with E-state index in [1.54, 1.807) is 18.2 Å². The fourth-order valence-electron chi connectivity index (χ4n) is 2.15. The van der Waals surface area contributed by atoms with E-state index in [4.69, 9.17) is 9.47 Å². The highest BCUT2D eigenvalue weighted by Crippen LogP contribution is 2.37. The summed E-state index contributed by atoms with van der Waals surface area (Å²) in [6.07, 6.45) is 3.02. The average Bonchev–Trinajstić information content (AvgIpc) is 2.66. The standard InChI is InChI=1S/C20H16BrFN2O3/c1-3-8-27-19-17(21)10-13(11-18(19)26-2)9-14(12-23)20(25)24-16-6-4-15(22)5-7-16/h3-7,9-11H,1,8H2,2H3,(H,24,25)/b14-9-. The number of carbonyl (C=O) groups is 1. The zero-order valence-corrected chi connectivity index (χ0v) is 16.0. The van der Waals surface area contributed by atoms with Crippen LogP contribution in [0.3, 0.4) is 0 Å². The predicted octanol–water partition coefficient (Wildman–Crippen LogP) is 4.71. The molecule has 7 heteroatoms. The minimum atomic E-state index is -0.605. The van der Waals surface area contributed by atoms with Crippen molar-refractivity contribution in [3.8, 4) is 17.6 Å². The molecule has 5 nitrogen and oxygen atoms in total. The Kier molecular flexibility index (Phi) is 7.15. The fourth-order valence-corrected chi connectivity index (χ4v) is 2.73. The third-order valence-electron chi connectivity index (χ3n) is 3.38. The summed E-state index contributed by atoms with van der Waals surface area (Å²) in [5.41, 5.74) is 0.831. The lowest BCUT2D eigenvalue weighted by Gasteiger charge is -2.12. The lowest BCUT2D eigenvalue weighted by molar-refractivity contribution is -0.112. The van der Waals surface area contributed by atoms with Gasteiger partial charge in [-0.1, -0.05) is 12.7 Å².